The van der Waals surface area contributed by atoms with Crippen LogP contribution in [-0.4, -0.2) is 34.8 Å². The Morgan fingerprint density at radius 3 is 2.56 bits per heavy atom. The zero-order valence-electron chi connectivity index (χ0n) is 11.8. The topological polar surface area (TPSA) is 49.4 Å². The predicted molar refractivity (Wildman–Crippen MR) is 69.9 cm³/mol. The Hall–Kier alpha value is -1.06. The Kier molecular flexibility index (Phi) is 3.39. The molecule has 1 aliphatic heterocycles. The van der Waals surface area contributed by atoms with Crippen LogP contribution in [0.15, 0.2) is 0 Å². The summed E-state index contributed by atoms with van der Waals surface area (Å²) in [6.45, 7) is 8.11. The van der Waals surface area contributed by atoms with Gasteiger partial charge in [-0.2, -0.15) is 0 Å². The molecule has 1 aliphatic carbocycles. The van der Waals surface area contributed by atoms with Crippen LogP contribution in [-0.2, 0) is 9.59 Å². The fraction of sp³-hybridized carbons (Fsp3) is 0.857. The lowest BCUT2D eigenvalue weighted by atomic mass is 9.74. The molecule has 3 atom stereocenters. The molecular weight excluding hydrogens is 228 g/mol. The van der Waals surface area contributed by atoms with E-state index >= 15 is 0 Å². The van der Waals surface area contributed by atoms with Gasteiger partial charge in [0.05, 0.1) is 0 Å². The highest BCUT2D eigenvalue weighted by atomic mass is 16.2. The molecule has 18 heavy (non-hydrogen) atoms. The molecule has 2 fully saturated rings. The predicted octanol–water partition coefficient (Wildman–Crippen LogP) is 1.69. The number of hydrogen-bond acceptors (Lipinski definition) is 2. The number of nitrogens with zero attached hydrogens (tertiary/aromatic N) is 1. The van der Waals surface area contributed by atoms with E-state index in [4.69, 9.17) is 0 Å². The molecule has 1 saturated carbocycles. The monoisotopic (exact) mass is 252 g/mol. The van der Waals surface area contributed by atoms with Crippen molar-refractivity contribution < 1.29 is 9.59 Å². The van der Waals surface area contributed by atoms with Gasteiger partial charge >= 0.3 is 0 Å². The largest absolute Gasteiger partial charge is 0.343 e. The first-order valence-electron chi connectivity index (χ1n) is 6.94. The second kappa shape index (κ2) is 4.56. The van der Waals surface area contributed by atoms with Crippen LogP contribution in [0.3, 0.4) is 0 Å². The first-order valence-corrected chi connectivity index (χ1v) is 6.94. The van der Waals surface area contributed by atoms with Gasteiger partial charge in [0.1, 0.15) is 12.1 Å². The first kappa shape index (κ1) is 13.4. The van der Waals surface area contributed by atoms with E-state index in [9.17, 15) is 9.59 Å². The van der Waals surface area contributed by atoms with Crippen molar-refractivity contribution in [3.63, 3.8) is 0 Å². The number of nitrogens with one attached hydrogen (secondary N) is 1. The van der Waals surface area contributed by atoms with Crippen LogP contribution in [0.25, 0.3) is 0 Å². The molecule has 1 heterocycles. The molecule has 0 radical (unpaired) electrons. The fourth-order valence-electron chi connectivity index (χ4n) is 3.33. The number of rotatable bonds is 1. The second-order valence-electron chi connectivity index (χ2n) is 6.57. The summed E-state index contributed by atoms with van der Waals surface area (Å²) in [6, 6.07) is -0.476. The van der Waals surface area contributed by atoms with Crippen LogP contribution in [0.1, 0.15) is 53.4 Å². The molecular formula is C14H24N2O2. The van der Waals surface area contributed by atoms with E-state index in [1.165, 1.54) is 6.42 Å². The molecule has 0 aromatic carbocycles. The van der Waals surface area contributed by atoms with Gasteiger partial charge in [0.25, 0.3) is 0 Å². The van der Waals surface area contributed by atoms with Gasteiger partial charge in [-0.15, -0.1) is 0 Å². The van der Waals surface area contributed by atoms with Crippen LogP contribution in [0.5, 0.6) is 0 Å². The zero-order chi connectivity index (χ0) is 13.5. The SMILES string of the molecule is CC1NC(=O)C(C)N(C2CCCC(C)(C)C2)C1=O. The van der Waals surface area contributed by atoms with Gasteiger partial charge in [0.15, 0.2) is 0 Å². The van der Waals surface area contributed by atoms with Crippen LogP contribution in [0, 0.1) is 5.41 Å². The number of amides is 2. The fourth-order valence-corrected chi connectivity index (χ4v) is 3.33. The zero-order valence-corrected chi connectivity index (χ0v) is 11.8. The number of carbonyl (C=O) groups is 2. The highest BCUT2D eigenvalue weighted by Gasteiger charge is 2.42. The lowest BCUT2D eigenvalue weighted by molar-refractivity contribution is -0.152. The number of hydrogen-bond donors (Lipinski definition) is 1. The molecule has 0 aromatic heterocycles. The molecule has 0 aromatic rings. The van der Waals surface area contributed by atoms with Crippen molar-refractivity contribution in [2.45, 2.75) is 71.5 Å². The molecule has 3 unspecified atom stereocenters. The summed E-state index contributed by atoms with van der Waals surface area (Å²) in [7, 11) is 0. The van der Waals surface area contributed by atoms with Crippen LogP contribution < -0.4 is 5.32 Å². The Bertz CT molecular complexity index is 365. The molecule has 4 nitrogen and oxygen atoms in total. The Morgan fingerprint density at radius 2 is 1.94 bits per heavy atom. The Labute approximate surface area is 109 Å². The van der Waals surface area contributed by atoms with Gasteiger partial charge < -0.3 is 10.2 Å². The van der Waals surface area contributed by atoms with E-state index in [1.54, 1.807) is 6.92 Å². The number of carbonyl (C=O) groups excluding carboxylic acids is 2. The van der Waals surface area contributed by atoms with Gasteiger partial charge in [-0.1, -0.05) is 20.3 Å². The summed E-state index contributed by atoms with van der Waals surface area (Å²) < 4.78 is 0. The van der Waals surface area contributed by atoms with E-state index in [0.717, 1.165) is 19.3 Å². The van der Waals surface area contributed by atoms with E-state index < -0.39 is 0 Å². The first-order chi connectivity index (χ1) is 8.32. The maximum Gasteiger partial charge on any atom is 0.245 e. The lowest BCUT2D eigenvalue weighted by Crippen LogP contribution is -2.64. The molecule has 0 spiro atoms. The molecule has 2 aliphatic rings. The molecule has 2 amide bonds. The third kappa shape index (κ3) is 2.38. The van der Waals surface area contributed by atoms with Crippen molar-refractivity contribution in [3.05, 3.63) is 0 Å². The summed E-state index contributed by atoms with van der Waals surface area (Å²) in [5, 5.41) is 2.74. The minimum absolute atomic E-state index is 0.0227. The molecule has 2 rings (SSSR count). The summed E-state index contributed by atoms with van der Waals surface area (Å²) in [4.78, 5) is 26.0. The average Bonchev–Trinajstić information content (AvgIpc) is 2.25. The van der Waals surface area contributed by atoms with Gasteiger partial charge in [-0.05, 0) is 38.5 Å². The standard InChI is InChI=1S/C14H24N2O2/c1-9-13(18)16(10(2)12(17)15-9)11-6-5-7-14(3,4)8-11/h9-11H,5-8H2,1-4H3,(H,15,17). The van der Waals surface area contributed by atoms with Crippen molar-refractivity contribution in [2.24, 2.45) is 5.41 Å². The van der Waals surface area contributed by atoms with Crippen molar-refractivity contribution in [1.82, 2.24) is 10.2 Å². The minimum Gasteiger partial charge on any atom is -0.343 e. The van der Waals surface area contributed by atoms with Gasteiger partial charge in [-0.25, -0.2) is 0 Å². The smallest absolute Gasteiger partial charge is 0.245 e. The molecule has 4 heteroatoms. The summed E-state index contributed by atoms with van der Waals surface area (Å²) in [5.74, 6) is 0.0512. The van der Waals surface area contributed by atoms with E-state index in [-0.39, 0.29) is 35.4 Å². The van der Waals surface area contributed by atoms with Crippen molar-refractivity contribution in [1.29, 1.82) is 0 Å². The molecule has 0 bridgehead atoms. The van der Waals surface area contributed by atoms with Crippen molar-refractivity contribution in [3.8, 4) is 0 Å². The minimum atomic E-state index is -0.376. The third-order valence-corrected chi connectivity index (χ3v) is 4.35. The van der Waals surface area contributed by atoms with E-state index in [1.807, 2.05) is 11.8 Å². The molecule has 1 N–H and O–H groups in total. The van der Waals surface area contributed by atoms with Gasteiger partial charge in [0.2, 0.25) is 11.8 Å². The summed E-state index contributed by atoms with van der Waals surface area (Å²) in [6.07, 6.45) is 4.38. The van der Waals surface area contributed by atoms with Crippen LogP contribution in [0.4, 0.5) is 0 Å². The maximum atomic E-state index is 12.3. The normalized spacial score (nSPS) is 36.4. The molecule has 1 saturated heterocycles. The van der Waals surface area contributed by atoms with Crippen LogP contribution in [0.2, 0.25) is 0 Å². The lowest BCUT2D eigenvalue weighted by Gasteiger charge is -2.46. The van der Waals surface area contributed by atoms with Crippen LogP contribution >= 0.6 is 0 Å². The quantitative estimate of drug-likeness (QED) is 0.772. The summed E-state index contributed by atoms with van der Waals surface area (Å²) >= 11 is 0. The summed E-state index contributed by atoms with van der Waals surface area (Å²) in [5.41, 5.74) is 0.278. The average molecular weight is 252 g/mol. The third-order valence-electron chi connectivity index (χ3n) is 4.35. The highest BCUT2D eigenvalue weighted by molar-refractivity contribution is 5.96. The highest BCUT2D eigenvalue weighted by Crippen LogP contribution is 2.38. The van der Waals surface area contributed by atoms with Crippen molar-refractivity contribution >= 4 is 11.8 Å². The van der Waals surface area contributed by atoms with Gasteiger partial charge in [-0.3, -0.25) is 9.59 Å². The van der Waals surface area contributed by atoms with Gasteiger partial charge in [0, 0.05) is 6.04 Å². The Morgan fingerprint density at radius 1 is 1.28 bits per heavy atom. The Balaban J connectivity index is 2.19. The second-order valence-corrected chi connectivity index (χ2v) is 6.57. The number of piperazine rings is 1. The van der Waals surface area contributed by atoms with E-state index in [2.05, 4.69) is 19.2 Å². The van der Waals surface area contributed by atoms with E-state index in [0.29, 0.717) is 0 Å². The maximum absolute atomic E-state index is 12.3. The van der Waals surface area contributed by atoms with Crippen molar-refractivity contribution in [2.75, 3.05) is 0 Å². The molecule has 102 valence electrons.